The highest BCUT2D eigenvalue weighted by Crippen LogP contribution is 2.40. The Morgan fingerprint density at radius 2 is 1.83 bits per heavy atom. The maximum atomic E-state index is 10.9. The van der Waals surface area contributed by atoms with Gasteiger partial charge < -0.3 is 10.0 Å². The number of anilines is 1. The summed E-state index contributed by atoms with van der Waals surface area (Å²) in [4.78, 5) is 10.6. The summed E-state index contributed by atoms with van der Waals surface area (Å²) >= 11 is 1.69. The van der Waals surface area contributed by atoms with Crippen LogP contribution in [0.15, 0.2) is 41.9 Å². The summed E-state index contributed by atoms with van der Waals surface area (Å²) in [6.45, 7) is 4.28. The van der Waals surface area contributed by atoms with Gasteiger partial charge in [-0.25, -0.2) is 4.98 Å². The Labute approximate surface area is 147 Å². The Bertz CT molecular complexity index is 630. The lowest BCUT2D eigenvalue weighted by Crippen LogP contribution is -2.52. The Balaban J connectivity index is 1.31. The van der Waals surface area contributed by atoms with Crippen LogP contribution in [0.25, 0.3) is 0 Å². The van der Waals surface area contributed by atoms with Crippen molar-refractivity contribution in [3.8, 4) is 0 Å². The van der Waals surface area contributed by atoms with Crippen LogP contribution >= 0.6 is 11.3 Å². The topological polar surface area (TPSA) is 39.6 Å². The molecule has 0 atom stereocenters. The van der Waals surface area contributed by atoms with Crippen LogP contribution in [0, 0.1) is 0 Å². The zero-order valence-corrected chi connectivity index (χ0v) is 14.8. The first-order chi connectivity index (χ1) is 11.7. The lowest BCUT2D eigenvalue weighted by Gasteiger charge is -2.44. The summed E-state index contributed by atoms with van der Waals surface area (Å²) < 4.78 is 0. The molecule has 24 heavy (non-hydrogen) atoms. The van der Waals surface area contributed by atoms with Gasteiger partial charge in [0.05, 0.1) is 5.60 Å². The molecule has 2 fully saturated rings. The first-order valence-electron chi connectivity index (χ1n) is 8.91. The van der Waals surface area contributed by atoms with E-state index in [4.69, 9.17) is 0 Å². The van der Waals surface area contributed by atoms with E-state index in [2.05, 4.69) is 38.4 Å². The lowest BCUT2D eigenvalue weighted by molar-refractivity contribution is -0.0229. The molecule has 2 aromatic rings. The largest absolute Gasteiger partial charge is 0.384 e. The van der Waals surface area contributed by atoms with Crippen molar-refractivity contribution in [3.05, 3.63) is 46.8 Å². The quantitative estimate of drug-likeness (QED) is 0.930. The van der Waals surface area contributed by atoms with E-state index in [0.717, 1.165) is 62.6 Å². The second kappa shape index (κ2) is 6.82. The Hall–Kier alpha value is -1.43. The van der Waals surface area contributed by atoms with Crippen molar-refractivity contribution < 1.29 is 5.11 Å². The molecule has 4 rings (SSSR count). The van der Waals surface area contributed by atoms with E-state index in [1.165, 1.54) is 0 Å². The number of piperazine rings is 1. The molecule has 0 amide bonds. The minimum Gasteiger partial charge on any atom is -0.384 e. The van der Waals surface area contributed by atoms with Crippen LogP contribution < -0.4 is 4.90 Å². The SMILES string of the molecule is OC1(c2cccs2)CCC(N2CCN(c3ccccn3)CC2)CC1. The average Bonchev–Trinajstić information content (AvgIpc) is 3.19. The molecule has 1 N–H and O–H groups in total. The minimum atomic E-state index is -0.583. The second-order valence-electron chi connectivity index (χ2n) is 6.95. The number of pyridine rings is 1. The van der Waals surface area contributed by atoms with Gasteiger partial charge in [0.1, 0.15) is 5.82 Å². The van der Waals surface area contributed by atoms with Crippen LogP contribution in [-0.4, -0.2) is 47.2 Å². The standard InChI is InChI=1S/C19H25N3OS/c23-19(17-4-3-15-24-17)8-6-16(7-9-19)21-11-13-22(14-12-21)18-5-1-2-10-20-18/h1-5,10,15-16,23H,6-9,11-14H2. The van der Waals surface area contributed by atoms with Gasteiger partial charge in [0, 0.05) is 43.3 Å². The van der Waals surface area contributed by atoms with Crippen molar-refractivity contribution in [1.29, 1.82) is 0 Å². The van der Waals surface area contributed by atoms with E-state index < -0.39 is 5.60 Å². The van der Waals surface area contributed by atoms with E-state index in [1.54, 1.807) is 11.3 Å². The molecule has 2 aliphatic rings. The van der Waals surface area contributed by atoms with Crippen LogP contribution in [-0.2, 0) is 5.60 Å². The molecule has 0 spiro atoms. The number of hydrogen-bond donors (Lipinski definition) is 1. The Kier molecular flexibility index (Phi) is 4.57. The van der Waals surface area contributed by atoms with Crippen molar-refractivity contribution in [2.45, 2.75) is 37.3 Å². The first-order valence-corrected chi connectivity index (χ1v) is 9.79. The van der Waals surface area contributed by atoms with Crippen molar-refractivity contribution in [3.63, 3.8) is 0 Å². The van der Waals surface area contributed by atoms with Crippen molar-refractivity contribution >= 4 is 17.2 Å². The van der Waals surface area contributed by atoms with Gasteiger partial charge in [-0.3, -0.25) is 4.90 Å². The second-order valence-corrected chi connectivity index (χ2v) is 7.90. The third-order valence-corrected chi connectivity index (χ3v) is 6.63. The maximum absolute atomic E-state index is 10.9. The minimum absolute atomic E-state index is 0.583. The van der Waals surface area contributed by atoms with E-state index >= 15 is 0 Å². The third kappa shape index (κ3) is 3.21. The fraction of sp³-hybridized carbons (Fsp3) is 0.526. The summed E-state index contributed by atoms with van der Waals surface area (Å²) in [5, 5.41) is 13.0. The molecule has 5 heteroatoms. The Morgan fingerprint density at radius 1 is 1.04 bits per heavy atom. The molecule has 3 heterocycles. The van der Waals surface area contributed by atoms with Crippen LogP contribution in [0.5, 0.6) is 0 Å². The van der Waals surface area contributed by atoms with Crippen molar-refractivity contribution in [2.24, 2.45) is 0 Å². The van der Waals surface area contributed by atoms with Crippen molar-refractivity contribution in [1.82, 2.24) is 9.88 Å². The highest BCUT2D eigenvalue weighted by atomic mass is 32.1. The average molecular weight is 343 g/mol. The van der Waals surface area contributed by atoms with Gasteiger partial charge in [-0.15, -0.1) is 11.3 Å². The predicted molar refractivity (Wildman–Crippen MR) is 98.5 cm³/mol. The van der Waals surface area contributed by atoms with Crippen LogP contribution in [0.2, 0.25) is 0 Å². The van der Waals surface area contributed by atoms with Gasteiger partial charge in [0.2, 0.25) is 0 Å². The molecule has 4 nitrogen and oxygen atoms in total. The van der Waals surface area contributed by atoms with E-state index in [0.29, 0.717) is 6.04 Å². The van der Waals surface area contributed by atoms with Gasteiger partial charge in [-0.2, -0.15) is 0 Å². The van der Waals surface area contributed by atoms with Gasteiger partial charge in [-0.1, -0.05) is 12.1 Å². The predicted octanol–water partition coefficient (Wildman–Crippen LogP) is 3.10. The third-order valence-electron chi connectivity index (χ3n) is 5.57. The van der Waals surface area contributed by atoms with Gasteiger partial charge in [0.25, 0.3) is 0 Å². The molecule has 1 aliphatic heterocycles. The summed E-state index contributed by atoms with van der Waals surface area (Å²) in [5.41, 5.74) is -0.583. The highest BCUT2D eigenvalue weighted by molar-refractivity contribution is 7.10. The maximum Gasteiger partial charge on any atom is 0.128 e. The zero-order valence-electron chi connectivity index (χ0n) is 14.0. The van der Waals surface area contributed by atoms with Crippen LogP contribution in [0.4, 0.5) is 5.82 Å². The van der Waals surface area contributed by atoms with E-state index in [1.807, 2.05) is 18.3 Å². The summed E-state index contributed by atoms with van der Waals surface area (Å²) in [5.74, 6) is 1.09. The molecular formula is C19H25N3OS. The molecule has 1 saturated carbocycles. The number of hydrogen-bond acceptors (Lipinski definition) is 5. The number of aliphatic hydroxyl groups is 1. The summed E-state index contributed by atoms with van der Waals surface area (Å²) in [6, 6.07) is 10.9. The van der Waals surface area contributed by atoms with Gasteiger partial charge in [-0.05, 0) is 49.3 Å². The monoisotopic (exact) mass is 343 g/mol. The summed E-state index contributed by atoms with van der Waals surface area (Å²) in [7, 11) is 0. The molecule has 0 bridgehead atoms. The Morgan fingerprint density at radius 3 is 2.46 bits per heavy atom. The lowest BCUT2D eigenvalue weighted by atomic mass is 9.80. The number of aromatic nitrogens is 1. The molecule has 0 unspecified atom stereocenters. The molecule has 2 aromatic heterocycles. The first kappa shape index (κ1) is 16.1. The fourth-order valence-electron chi connectivity index (χ4n) is 4.09. The molecule has 1 saturated heterocycles. The van der Waals surface area contributed by atoms with Crippen molar-refractivity contribution in [2.75, 3.05) is 31.1 Å². The normalized spacial score (nSPS) is 28.9. The molecule has 128 valence electrons. The highest BCUT2D eigenvalue weighted by Gasteiger charge is 2.37. The number of thiophene rings is 1. The molecule has 0 aromatic carbocycles. The summed E-state index contributed by atoms with van der Waals surface area (Å²) in [6.07, 6.45) is 5.83. The number of nitrogens with zero attached hydrogens (tertiary/aromatic N) is 3. The van der Waals surface area contributed by atoms with Gasteiger partial charge >= 0.3 is 0 Å². The fourth-order valence-corrected chi connectivity index (χ4v) is 4.98. The molecule has 0 radical (unpaired) electrons. The number of rotatable bonds is 3. The van der Waals surface area contributed by atoms with E-state index in [9.17, 15) is 5.11 Å². The van der Waals surface area contributed by atoms with Crippen LogP contribution in [0.1, 0.15) is 30.6 Å². The molecule has 1 aliphatic carbocycles. The smallest absolute Gasteiger partial charge is 0.128 e. The van der Waals surface area contributed by atoms with Crippen LogP contribution in [0.3, 0.4) is 0 Å². The molecular weight excluding hydrogens is 318 g/mol. The van der Waals surface area contributed by atoms with E-state index in [-0.39, 0.29) is 0 Å². The zero-order chi connectivity index (χ0) is 16.4. The van der Waals surface area contributed by atoms with Gasteiger partial charge in [0.15, 0.2) is 0 Å².